The lowest BCUT2D eigenvalue weighted by atomic mass is 9.75. The summed E-state index contributed by atoms with van der Waals surface area (Å²) in [5.74, 6) is 0.780. The van der Waals surface area contributed by atoms with Gasteiger partial charge in [0.05, 0.1) is 17.2 Å². The second kappa shape index (κ2) is 11.0. The van der Waals surface area contributed by atoms with Crippen molar-refractivity contribution in [3.63, 3.8) is 0 Å². The normalized spacial score (nSPS) is 18.6. The lowest BCUT2D eigenvalue weighted by Gasteiger charge is -2.43. The molecule has 0 bridgehead atoms. The van der Waals surface area contributed by atoms with E-state index in [0.717, 1.165) is 26.2 Å². The van der Waals surface area contributed by atoms with E-state index in [-0.39, 0.29) is 17.2 Å². The molecule has 8 heteroatoms. The molecule has 0 unspecified atom stereocenters. The molecule has 2 saturated heterocycles. The maximum Gasteiger partial charge on any atom is 0.255 e. The molecule has 2 aromatic rings. The van der Waals surface area contributed by atoms with Gasteiger partial charge in [-0.2, -0.15) is 0 Å². The summed E-state index contributed by atoms with van der Waals surface area (Å²) in [6, 6.07) is 14.4. The van der Waals surface area contributed by atoms with Crippen LogP contribution in [0.2, 0.25) is 10.0 Å². The topological polar surface area (TPSA) is 53.1 Å². The SMILES string of the molecule is CN1CCN(C(=O)CC2(COc3cccc(Cl)c3)CCN(C(=O)c3ccccc3Cl)CC2)CC1. The largest absolute Gasteiger partial charge is 0.493 e. The van der Waals surface area contributed by atoms with Gasteiger partial charge in [-0.3, -0.25) is 9.59 Å². The van der Waals surface area contributed by atoms with Crippen molar-refractivity contribution in [2.75, 3.05) is 52.9 Å². The van der Waals surface area contributed by atoms with Crippen LogP contribution >= 0.6 is 23.2 Å². The molecule has 0 saturated carbocycles. The molecule has 0 N–H and O–H groups in total. The summed E-state index contributed by atoms with van der Waals surface area (Å²) >= 11 is 12.4. The Bertz CT molecular complexity index is 1020. The first kappa shape index (κ1) is 24.8. The predicted molar refractivity (Wildman–Crippen MR) is 135 cm³/mol. The van der Waals surface area contributed by atoms with E-state index in [1.165, 1.54) is 0 Å². The van der Waals surface area contributed by atoms with Crippen LogP contribution < -0.4 is 4.74 Å². The highest BCUT2D eigenvalue weighted by Gasteiger charge is 2.40. The monoisotopic (exact) mass is 503 g/mol. The van der Waals surface area contributed by atoms with E-state index >= 15 is 0 Å². The molecule has 182 valence electrons. The lowest BCUT2D eigenvalue weighted by molar-refractivity contribution is -0.136. The van der Waals surface area contributed by atoms with Gasteiger partial charge in [0.1, 0.15) is 5.75 Å². The van der Waals surface area contributed by atoms with Crippen molar-refractivity contribution >= 4 is 35.0 Å². The van der Waals surface area contributed by atoms with Crippen LogP contribution in [0, 0.1) is 5.41 Å². The van der Waals surface area contributed by atoms with Crippen LogP contribution in [0.5, 0.6) is 5.75 Å². The molecule has 6 nitrogen and oxygen atoms in total. The van der Waals surface area contributed by atoms with Crippen molar-refractivity contribution in [1.29, 1.82) is 0 Å². The van der Waals surface area contributed by atoms with Crippen molar-refractivity contribution in [3.05, 3.63) is 64.1 Å². The van der Waals surface area contributed by atoms with E-state index in [1.54, 1.807) is 24.3 Å². The molecule has 2 aliphatic rings. The number of hydrogen-bond donors (Lipinski definition) is 0. The molecule has 0 radical (unpaired) electrons. The molecule has 4 rings (SSSR count). The minimum Gasteiger partial charge on any atom is -0.493 e. The maximum absolute atomic E-state index is 13.3. The Hall–Kier alpha value is -2.28. The molecule has 2 fully saturated rings. The summed E-state index contributed by atoms with van der Waals surface area (Å²) < 4.78 is 6.15. The number of benzene rings is 2. The molecule has 0 aliphatic carbocycles. The fourth-order valence-electron chi connectivity index (χ4n) is 4.64. The highest BCUT2D eigenvalue weighted by atomic mass is 35.5. The van der Waals surface area contributed by atoms with Gasteiger partial charge < -0.3 is 19.4 Å². The number of rotatable bonds is 6. The van der Waals surface area contributed by atoms with Gasteiger partial charge in [0.25, 0.3) is 5.91 Å². The Labute approximate surface area is 211 Å². The zero-order valence-corrected chi connectivity index (χ0v) is 21.0. The molecule has 0 spiro atoms. The Morgan fingerprint density at radius 3 is 2.29 bits per heavy atom. The van der Waals surface area contributed by atoms with Gasteiger partial charge in [-0.1, -0.05) is 41.4 Å². The molecule has 34 heavy (non-hydrogen) atoms. The first-order valence-corrected chi connectivity index (χ1v) is 12.5. The number of piperidine rings is 1. The van der Waals surface area contributed by atoms with Gasteiger partial charge in [-0.05, 0) is 50.2 Å². The van der Waals surface area contributed by atoms with Crippen molar-refractivity contribution < 1.29 is 14.3 Å². The van der Waals surface area contributed by atoms with Crippen LogP contribution in [0.1, 0.15) is 29.6 Å². The zero-order valence-electron chi connectivity index (χ0n) is 19.5. The van der Waals surface area contributed by atoms with Crippen molar-refractivity contribution in [1.82, 2.24) is 14.7 Å². The van der Waals surface area contributed by atoms with Crippen molar-refractivity contribution in [3.8, 4) is 5.75 Å². The smallest absolute Gasteiger partial charge is 0.255 e. The number of nitrogens with zero attached hydrogens (tertiary/aromatic N) is 3. The Balaban J connectivity index is 1.46. The van der Waals surface area contributed by atoms with Crippen molar-refractivity contribution in [2.45, 2.75) is 19.3 Å². The summed E-state index contributed by atoms with van der Waals surface area (Å²) in [6.07, 6.45) is 1.78. The quantitative estimate of drug-likeness (QED) is 0.583. The average Bonchev–Trinajstić information content (AvgIpc) is 2.84. The molecular formula is C26H31Cl2N3O3. The van der Waals surface area contributed by atoms with E-state index in [0.29, 0.717) is 60.3 Å². The summed E-state index contributed by atoms with van der Waals surface area (Å²) in [7, 11) is 2.08. The van der Waals surface area contributed by atoms with Gasteiger partial charge in [-0.15, -0.1) is 0 Å². The lowest BCUT2D eigenvalue weighted by Crippen LogP contribution is -2.51. The highest BCUT2D eigenvalue weighted by Crippen LogP contribution is 2.37. The molecule has 0 aromatic heterocycles. The maximum atomic E-state index is 13.3. The third-order valence-corrected chi connectivity index (χ3v) is 7.50. The molecule has 2 heterocycles. The number of likely N-dealkylation sites (N-methyl/N-ethyl adjacent to an activating group) is 1. The molecule has 2 aliphatic heterocycles. The molecular weight excluding hydrogens is 473 g/mol. The standard InChI is InChI=1S/C26H31Cl2N3O3/c1-29-13-15-30(16-14-29)24(32)18-26(19-34-21-6-4-5-20(27)17-21)9-11-31(12-10-26)25(33)22-7-2-3-8-23(22)28/h2-8,17H,9-16,18-19H2,1H3. The number of amides is 2. The highest BCUT2D eigenvalue weighted by molar-refractivity contribution is 6.33. The number of halogens is 2. The van der Waals surface area contributed by atoms with Gasteiger partial charge >= 0.3 is 0 Å². The van der Waals surface area contributed by atoms with Gasteiger partial charge in [0, 0.05) is 56.1 Å². The van der Waals surface area contributed by atoms with E-state index in [2.05, 4.69) is 11.9 Å². The number of likely N-dealkylation sites (tertiary alicyclic amines) is 1. The van der Waals surface area contributed by atoms with Gasteiger partial charge in [0.2, 0.25) is 5.91 Å². The van der Waals surface area contributed by atoms with E-state index in [4.69, 9.17) is 27.9 Å². The van der Waals surface area contributed by atoms with Crippen molar-refractivity contribution in [2.24, 2.45) is 5.41 Å². The number of piperazine rings is 1. The summed E-state index contributed by atoms with van der Waals surface area (Å²) in [4.78, 5) is 32.4. The first-order chi connectivity index (χ1) is 16.3. The molecule has 2 amide bonds. The second-order valence-corrected chi connectivity index (χ2v) is 10.2. The van der Waals surface area contributed by atoms with Crippen LogP contribution in [0.25, 0.3) is 0 Å². The minimum absolute atomic E-state index is 0.0691. The summed E-state index contributed by atoms with van der Waals surface area (Å²) in [5.41, 5.74) is 0.167. The summed E-state index contributed by atoms with van der Waals surface area (Å²) in [6.45, 7) is 4.78. The van der Waals surface area contributed by atoms with Crippen LogP contribution in [0.3, 0.4) is 0 Å². The Morgan fingerprint density at radius 1 is 0.912 bits per heavy atom. The first-order valence-electron chi connectivity index (χ1n) is 11.7. The number of hydrogen-bond acceptors (Lipinski definition) is 4. The Kier molecular flexibility index (Phi) is 8.02. The van der Waals surface area contributed by atoms with Gasteiger partial charge in [0.15, 0.2) is 0 Å². The Morgan fingerprint density at radius 2 is 1.62 bits per heavy atom. The van der Waals surface area contributed by atoms with E-state index in [9.17, 15) is 9.59 Å². The average molecular weight is 504 g/mol. The summed E-state index contributed by atoms with van der Waals surface area (Å²) in [5, 5.41) is 1.07. The minimum atomic E-state index is -0.347. The zero-order chi connectivity index (χ0) is 24.1. The number of carbonyl (C=O) groups excluding carboxylic acids is 2. The fourth-order valence-corrected chi connectivity index (χ4v) is 5.04. The third kappa shape index (κ3) is 6.04. The van der Waals surface area contributed by atoms with E-state index in [1.807, 2.05) is 34.1 Å². The third-order valence-electron chi connectivity index (χ3n) is 6.94. The fraction of sp³-hybridized carbons (Fsp3) is 0.462. The van der Waals surface area contributed by atoms with Gasteiger partial charge in [-0.25, -0.2) is 0 Å². The number of ether oxygens (including phenoxy) is 1. The van der Waals surface area contributed by atoms with Crippen LogP contribution in [0.4, 0.5) is 0 Å². The second-order valence-electron chi connectivity index (χ2n) is 9.38. The van der Waals surface area contributed by atoms with E-state index < -0.39 is 0 Å². The van der Waals surface area contributed by atoms with Crippen LogP contribution in [0.15, 0.2) is 48.5 Å². The predicted octanol–water partition coefficient (Wildman–Crippen LogP) is 4.46. The molecule has 2 aromatic carbocycles. The van der Waals surface area contributed by atoms with Crippen LogP contribution in [-0.2, 0) is 4.79 Å². The number of carbonyl (C=O) groups is 2. The molecule has 0 atom stereocenters. The van der Waals surface area contributed by atoms with Crippen LogP contribution in [-0.4, -0.2) is 79.4 Å².